The van der Waals surface area contributed by atoms with E-state index in [-0.39, 0.29) is 17.1 Å². The summed E-state index contributed by atoms with van der Waals surface area (Å²) in [5.74, 6) is 0.635. The summed E-state index contributed by atoms with van der Waals surface area (Å²) in [7, 11) is 1.47. The van der Waals surface area contributed by atoms with Crippen molar-refractivity contribution >= 4 is 5.78 Å². The first-order chi connectivity index (χ1) is 8.63. The van der Waals surface area contributed by atoms with Gasteiger partial charge in [0.05, 0.1) is 13.7 Å². The highest BCUT2D eigenvalue weighted by molar-refractivity contribution is 6.01. The lowest BCUT2D eigenvalue weighted by atomic mass is 10.1. The molecular formula is C14H20O4. The zero-order valence-corrected chi connectivity index (χ0v) is 11.2. The number of unbranched alkanes of at least 4 members (excludes halogenated alkanes) is 1. The van der Waals surface area contributed by atoms with Gasteiger partial charge in [-0.15, -0.1) is 0 Å². The van der Waals surface area contributed by atoms with E-state index in [1.807, 2.05) is 0 Å². The minimum atomic E-state index is -0.149. The molecule has 0 fully saturated rings. The number of ether oxygens (including phenoxy) is 2. The van der Waals surface area contributed by atoms with Gasteiger partial charge in [-0.2, -0.15) is 0 Å². The zero-order chi connectivity index (χ0) is 13.5. The molecule has 4 heteroatoms. The molecule has 1 aromatic rings. The molecule has 1 N–H and O–H groups in total. The van der Waals surface area contributed by atoms with Crippen molar-refractivity contribution in [3.63, 3.8) is 0 Å². The van der Waals surface area contributed by atoms with E-state index in [4.69, 9.17) is 9.47 Å². The van der Waals surface area contributed by atoms with E-state index in [1.165, 1.54) is 13.2 Å². The van der Waals surface area contributed by atoms with Crippen LogP contribution in [0.25, 0.3) is 0 Å². The van der Waals surface area contributed by atoms with Gasteiger partial charge in [0.15, 0.2) is 5.78 Å². The molecule has 4 nitrogen and oxygen atoms in total. The maximum absolute atomic E-state index is 11.7. The molecule has 0 bridgehead atoms. The summed E-state index contributed by atoms with van der Waals surface area (Å²) < 4.78 is 10.6. The summed E-state index contributed by atoms with van der Waals surface area (Å²) in [6.07, 6.45) is 2.30. The van der Waals surface area contributed by atoms with Crippen LogP contribution in [0.4, 0.5) is 0 Å². The third-order valence-corrected chi connectivity index (χ3v) is 2.64. The number of phenolic OH excluding ortho intramolecular Hbond substituents is 1. The molecule has 0 aliphatic rings. The van der Waals surface area contributed by atoms with E-state index < -0.39 is 0 Å². The summed E-state index contributed by atoms with van der Waals surface area (Å²) in [6, 6.07) is 3.10. The summed E-state index contributed by atoms with van der Waals surface area (Å²) in [6.45, 7) is 4.40. The number of carbonyl (C=O) groups excluding carboxylic acids is 1. The number of methoxy groups -OCH3 is 1. The van der Waals surface area contributed by atoms with E-state index in [1.54, 1.807) is 13.0 Å². The molecule has 0 unspecified atom stereocenters. The summed E-state index contributed by atoms with van der Waals surface area (Å²) in [5, 5.41) is 9.88. The van der Waals surface area contributed by atoms with Gasteiger partial charge in [-0.1, -0.05) is 20.3 Å². The number of benzene rings is 1. The lowest BCUT2D eigenvalue weighted by Gasteiger charge is -2.12. The normalized spacial score (nSPS) is 10.2. The Morgan fingerprint density at radius 2 is 2.06 bits per heavy atom. The molecule has 0 spiro atoms. The van der Waals surface area contributed by atoms with Gasteiger partial charge in [-0.05, 0) is 6.42 Å². The van der Waals surface area contributed by atoms with Crippen molar-refractivity contribution < 1.29 is 19.4 Å². The Labute approximate surface area is 108 Å². The second-order valence-electron chi connectivity index (χ2n) is 4.00. The molecule has 0 aromatic heterocycles. The summed E-state index contributed by atoms with van der Waals surface area (Å²) in [4.78, 5) is 11.7. The van der Waals surface area contributed by atoms with Crippen LogP contribution in [0.15, 0.2) is 12.1 Å². The van der Waals surface area contributed by atoms with Crippen molar-refractivity contribution in [2.24, 2.45) is 0 Å². The molecule has 0 saturated carbocycles. The first-order valence-electron chi connectivity index (χ1n) is 6.21. The second kappa shape index (κ2) is 6.89. The highest BCUT2D eigenvalue weighted by atomic mass is 16.5. The molecule has 0 atom stereocenters. The highest BCUT2D eigenvalue weighted by Crippen LogP contribution is 2.34. The van der Waals surface area contributed by atoms with Crippen LogP contribution < -0.4 is 9.47 Å². The Kier molecular flexibility index (Phi) is 5.49. The van der Waals surface area contributed by atoms with Crippen LogP contribution in [0.1, 0.15) is 43.5 Å². The molecule has 0 aliphatic carbocycles. The molecule has 0 aliphatic heterocycles. The first-order valence-corrected chi connectivity index (χ1v) is 6.21. The first kappa shape index (κ1) is 14.4. The fraction of sp³-hybridized carbons (Fsp3) is 0.500. The Hall–Kier alpha value is -1.71. The Balaban J connectivity index is 2.99. The predicted octanol–water partition coefficient (Wildman–Crippen LogP) is 3.17. The SMILES string of the molecule is CCCCOc1cc(O)c(C(=O)CC)c(OC)c1. The van der Waals surface area contributed by atoms with Crippen molar-refractivity contribution in [1.82, 2.24) is 0 Å². The standard InChI is InChI=1S/C14H20O4/c1-4-6-7-18-10-8-12(16)14(11(15)5-2)13(9-10)17-3/h8-9,16H,4-7H2,1-3H3. The van der Waals surface area contributed by atoms with Gasteiger partial charge in [-0.25, -0.2) is 0 Å². The minimum Gasteiger partial charge on any atom is -0.507 e. The van der Waals surface area contributed by atoms with Crippen molar-refractivity contribution in [1.29, 1.82) is 0 Å². The van der Waals surface area contributed by atoms with E-state index >= 15 is 0 Å². The van der Waals surface area contributed by atoms with Crippen LogP contribution in [0.5, 0.6) is 17.2 Å². The van der Waals surface area contributed by atoms with Gasteiger partial charge < -0.3 is 14.6 Å². The van der Waals surface area contributed by atoms with E-state index in [0.29, 0.717) is 24.5 Å². The van der Waals surface area contributed by atoms with Crippen LogP contribution >= 0.6 is 0 Å². The lowest BCUT2D eigenvalue weighted by Crippen LogP contribution is -2.03. The minimum absolute atomic E-state index is 0.0901. The highest BCUT2D eigenvalue weighted by Gasteiger charge is 2.17. The van der Waals surface area contributed by atoms with Crippen molar-refractivity contribution in [3.8, 4) is 17.2 Å². The van der Waals surface area contributed by atoms with Gasteiger partial charge in [0.2, 0.25) is 0 Å². The molecule has 1 rings (SSSR count). The molecular weight excluding hydrogens is 232 g/mol. The monoisotopic (exact) mass is 252 g/mol. The maximum atomic E-state index is 11.7. The van der Waals surface area contributed by atoms with E-state index in [2.05, 4.69) is 6.92 Å². The van der Waals surface area contributed by atoms with Crippen molar-refractivity contribution in [2.75, 3.05) is 13.7 Å². The van der Waals surface area contributed by atoms with Crippen LogP contribution in [-0.2, 0) is 0 Å². The molecule has 0 heterocycles. The van der Waals surface area contributed by atoms with E-state index in [0.717, 1.165) is 12.8 Å². The topological polar surface area (TPSA) is 55.8 Å². The molecule has 0 saturated heterocycles. The third kappa shape index (κ3) is 3.39. The molecule has 100 valence electrons. The number of carbonyl (C=O) groups is 1. The summed E-state index contributed by atoms with van der Waals surface area (Å²) in [5.41, 5.74) is 0.225. The molecule has 0 amide bonds. The fourth-order valence-electron chi connectivity index (χ4n) is 1.61. The smallest absolute Gasteiger partial charge is 0.170 e. The third-order valence-electron chi connectivity index (χ3n) is 2.64. The Morgan fingerprint density at radius 1 is 1.33 bits per heavy atom. The zero-order valence-electron chi connectivity index (χ0n) is 11.2. The van der Waals surface area contributed by atoms with Crippen LogP contribution in [0.2, 0.25) is 0 Å². The van der Waals surface area contributed by atoms with Crippen molar-refractivity contribution in [2.45, 2.75) is 33.1 Å². The van der Waals surface area contributed by atoms with Crippen molar-refractivity contribution in [3.05, 3.63) is 17.7 Å². The number of aromatic hydroxyl groups is 1. The van der Waals surface area contributed by atoms with Gasteiger partial charge in [0, 0.05) is 18.6 Å². The number of hydrogen-bond acceptors (Lipinski definition) is 4. The number of phenols is 1. The van der Waals surface area contributed by atoms with Crippen LogP contribution in [0, 0.1) is 0 Å². The number of rotatable bonds is 7. The Morgan fingerprint density at radius 3 is 2.61 bits per heavy atom. The van der Waals surface area contributed by atoms with E-state index in [9.17, 15) is 9.90 Å². The second-order valence-corrected chi connectivity index (χ2v) is 4.00. The number of hydrogen-bond donors (Lipinski definition) is 1. The average molecular weight is 252 g/mol. The quantitative estimate of drug-likeness (QED) is 0.598. The summed E-state index contributed by atoms with van der Waals surface area (Å²) >= 11 is 0. The van der Waals surface area contributed by atoms with Crippen LogP contribution in [-0.4, -0.2) is 24.6 Å². The van der Waals surface area contributed by atoms with Crippen LogP contribution in [0.3, 0.4) is 0 Å². The number of Topliss-reactive ketones (excluding diaryl/α,β-unsaturated/α-hetero) is 1. The Bertz CT molecular complexity index is 413. The molecule has 1 aromatic carbocycles. The predicted molar refractivity (Wildman–Crippen MR) is 69.7 cm³/mol. The van der Waals surface area contributed by atoms with Gasteiger partial charge >= 0.3 is 0 Å². The van der Waals surface area contributed by atoms with Gasteiger partial charge in [0.25, 0.3) is 0 Å². The maximum Gasteiger partial charge on any atom is 0.170 e. The average Bonchev–Trinajstić information content (AvgIpc) is 2.37. The lowest BCUT2D eigenvalue weighted by molar-refractivity contribution is 0.0982. The fourth-order valence-corrected chi connectivity index (χ4v) is 1.61. The molecule has 18 heavy (non-hydrogen) atoms. The van der Waals surface area contributed by atoms with Gasteiger partial charge in [0.1, 0.15) is 22.8 Å². The number of ketones is 1. The molecule has 0 radical (unpaired) electrons. The largest absolute Gasteiger partial charge is 0.507 e. The van der Waals surface area contributed by atoms with Gasteiger partial charge in [-0.3, -0.25) is 4.79 Å².